The summed E-state index contributed by atoms with van der Waals surface area (Å²) in [6.45, 7) is 6.11. The summed E-state index contributed by atoms with van der Waals surface area (Å²) in [6.07, 6.45) is 3.72. The molecule has 0 bridgehead atoms. The molecule has 0 radical (unpaired) electrons. The fourth-order valence-electron chi connectivity index (χ4n) is 3.47. The summed E-state index contributed by atoms with van der Waals surface area (Å²) in [5.41, 5.74) is 4.04. The van der Waals surface area contributed by atoms with E-state index in [1.807, 2.05) is 61.2 Å². The third-order valence-electron chi connectivity index (χ3n) is 5.50. The fourth-order valence-corrected chi connectivity index (χ4v) is 3.47. The first-order valence-electron chi connectivity index (χ1n) is 10.1. The molecular weight excluding hydrogens is 360 g/mol. The van der Waals surface area contributed by atoms with E-state index in [2.05, 4.69) is 34.3 Å². The number of carbonyl (C=O) groups excluding carboxylic acids is 1. The number of aryl methyl sites for hydroxylation is 1. The number of aromatic nitrogens is 2. The highest BCUT2D eigenvalue weighted by molar-refractivity contribution is 6.07. The lowest BCUT2D eigenvalue weighted by atomic mass is 10.0. The van der Waals surface area contributed by atoms with Gasteiger partial charge in [-0.3, -0.25) is 9.69 Å². The molecule has 2 aromatic carbocycles. The van der Waals surface area contributed by atoms with E-state index >= 15 is 0 Å². The largest absolute Gasteiger partial charge is 0.348 e. The molecule has 5 nitrogen and oxygen atoms in total. The van der Waals surface area contributed by atoms with Crippen LogP contribution in [0.1, 0.15) is 52.9 Å². The maximum Gasteiger partial charge on any atom is 0.259 e. The Morgan fingerprint density at radius 3 is 2.55 bits per heavy atom. The number of amides is 1. The van der Waals surface area contributed by atoms with E-state index < -0.39 is 0 Å². The second kappa shape index (κ2) is 8.03. The summed E-state index contributed by atoms with van der Waals surface area (Å²) in [5, 5.41) is 3.35. The van der Waals surface area contributed by atoms with Crippen molar-refractivity contribution in [2.45, 2.75) is 45.7 Å². The molecule has 1 atom stereocenters. The zero-order valence-corrected chi connectivity index (χ0v) is 17.1. The molecule has 0 unspecified atom stereocenters. The molecule has 0 spiro atoms. The summed E-state index contributed by atoms with van der Waals surface area (Å²) in [4.78, 5) is 24.3. The van der Waals surface area contributed by atoms with Crippen LogP contribution in [-0.2, 0) is 0 Å². The van der Waals surface area contributed by atoms with E-state index in [0.29, 0.717) is 11.8 Å². The van der Waals surface area contributed by atoms with E-state index in [1.54, 1.807) is 6.20 Å². The third-order valence-corrected chi connectivity index (χ3v) is 5.50. The van der Waals surface area contributed by atoms with Crippen LogP contribution in [0.5, 0.6) is 0 Å². The standard InChI is InChI=1S/C24H26N4O/c1-16-8-7-11-21(17(16)2)23(29)28(20-12-13-20)22-14-15-25-24(27-22)26-18(3)19-9-5-4-6-10-19/h4-11,14-15,18,20H,12-13H2,1-3H3,(H,25,26,27)/t18-/m0/s1. The van der Waals surface area contributed by atoms with Gasteiger partial charge in [0.15, 0.2) is 0 Å². The molecule has 4 rings (SSSR count). The number of nitrogens with one attached hydrogen (secondary N) is 1. The van der Waals surface area contributed by atoms with Crippen molar-refractivity contribution in [2.75, 3.05) is 10.2 Å². The molecule has 148 valence electrons. The molecule has 1 aliphatic carbocycles. The summed E-state index contributed by atoms with van der Waals surface area (Å²) in [5.74, 6) is 1.18. The third kappa shape index (κ3) is 4.14. The van der Waals surface area contributed by atoms with Crippen molar-refractivity contribution in [3.63, 3.8) is 0 Å². The van der Waals surface area contributed by atoms with Gasteiger partial charge in [-0.05, 0) is 62.4 Å². The van der Waals surface area contributed by atoms with Gasteiger partial charge in [0.25, 0.3) is 5.91 Å². The first-order valence-corrected chi connectivity index (χ1v) is 10.1. The summed E-state index contributed by atoms with van der Waals surface area (Å²) in [7, 11) is 0. The van der Waals surface area contributed by atoms with Crippen LogP contribution in [0.3, 0.4) is 0 Å². The second-order valence-corrected chi connectivity index (χ2v) is 7.67. The minimum absolute atomic E-state index is 0.00876. The van der Waals surface area contributed by atoms with Crippen molar-refractivity contribution in [2.24, 2.45) is 0 Å². The van der Waals surface area contributed by atoms with E-state index in [1.165, 1.54) is 0 Å². The van der Waals surface area contributed by atoms with Crippen molar-refractivity contribution in [3.8, 4) is 0 Å². The molecule has 5 heteroatoms. The lowest BCUT2D eigenvalue weighted by Crippen LogP contribution is -2.34. The average Bonchev–Trinajstić information content (AvgIpc) is 3.56. The minimum Gasteiger partial charge on any atom is -0.348 e. The molecule has 1 aromatic heterocycles. The minimum atomic E-state index is 0.00876. The highest BCUT2D eigenvalue weighted by Crippen LogP contribution is 2.33. The number of benzene rings is 2. The van der Waals surface area contributed by atoms with Gasteiger partial charge in [-0.1, -0.05) is 42.5 Å². The average molecular weight is 386 g/mol. The van der Waals surface area contributed by atoms with Gasteiger partial charge in [0.2, 0.25) is 5.95 Å². The zero-order valence-electron chi connectivity index (χ0n) is 17.1. The monoisotopic (exact) mass is 386 g/mol. The van der Waals surface area contributed by atoms with Gasteiger partial charge in [-0.25, -0.2) is 4.98 Å². The lowest BCUT2D eigenvalue weighted by Gasteiger charge is -2.23. The number of rotatable bonds is 6. The Labute approximate surface area is 171 Å². The van der Waals surface area contributed by atoms with Crippen LogP contribution in [0.15, 0.2) is 60.8 Å². The van der Waals surface area contributed by atoms with Crippen molar-refractivity contribution in [1.82, 2.24) is 9.97 Å². The Bertz CT molecular complexity index is 1010. The van der Waals surface area contributed by atoms with E-state index in [-0.39, 0.29) is 18.0 Å². The zero-order chi connectivity index (χ0) is 20.4. The van der Waals surface area contributed by atoms with Crippen LogP contribution in [0.4, 0.5) is 11.8 Å². The van der Waals surface area contributed by atoms with Gasteiger partial charge in [-0.2, -0.15) is 4.98 Å². The molecule has 1 N–H and O–H groups in total. The van der Waals surface area contributed by atoms with Crippen LogP contribution in [0, 0.1) is 13.8 Å². The smallest absolute Gasteiger partial charge is 0.259 e. The molecule has 1 amide bonds. The highest BCUT2D eigenvalue weighted by Gasteiger charge is 2.35. The van der Waals surface area contributed by atoms with Gasteiger partial charge in [0.1, 0.15) is 5.82 Å². The van der Waals surface area contributed by atoms with Gasteiger partial charge < -0.3 is 5.32 Å². The topological polar surface area (TPSA) is 58.1 Å². The van der Waals surface area contributed by atoms with Crippen molar-refractivity contribution in [3.05, 3.63) is 83.0 Å². The lowest BCUT2D eigenvalue weighted by molar-refractivity contribution is 0.0984. The van der Waals surface area contributed by atoms with Gasteiger partial charge >= 0.3 is 0 Å². The molecule has 29 heavy (non-hydrogen) atoms. The van der Waals surface area contributed by atoms with Crippen molar-refractivity contribution in [1.29, 1.82) is 0 Å². The maximum absolute atomic E-state index is 13.4. The van der Waals surface area contributed by atoms with Gasteiger partial charge in [0.05, 0.1) is 6.04 Å². The van der Waals surface area contributed by atoms with E-state index in [0.717, 1.165) is 35.1 Å². The quantitative estimate of drug-likeness (QED) is 0.642. The SMILES string of the molecule is Cc1cccc(C(=O)N(c2ccnc(N[C@@H](C)c3ccccc3)n2)C2CC2)c1C. The molecule has 1 aliphatic rings. The first-order chi connectivity index (χ1) is 14.0. The molecule has 3 aromatic rings. The number of hydrogen-bond acceptors (Lipinski definition) is 4. The van der Waals surface area contributed by atoms with Crippen LogP contribution in [0.25, 0.3) is 0 Å². The van der Waals surface area contributed by atoms with E-state index in [9.17, 15) is 4.79 Å². The Hall–Kier alpha value is -3.21. The molecule has 1 saturated carbocycles. The molecular formula is C24H26N4O. The van der Waals surface area contributed by atoms with Crippen molar-refractivity contribution < 1.29 is 4.79 Å². The Morgan fingerprint density at radius 1 is 1.07 bits per heavy atom. The first kappa shape index (κ1) is 19.1. The molecule has 0 saturated heterocycles. The predicted octanol–water partition coefficient (Wildman–Crippen LogP) is 5.08. The van der Waals surface area contributed by atoms with Crippen LogP contribution in [-0.4, -0.2) is 21.9 Å². The number of carbonyl (C=O) groups is 1. The summed E-state index contributed by atoms with van der Waals surface area (Å²) >= 11 is 0. The van der Waals surface area contributed by atoms with Crippen LogP contribution in [0.2, 0.25) is 0 Å². The predicted molar refractivity (Wildman–Crippen MR) is 116 cm³/mol. The van der Waals surface area contributed by atoms with Crippen LogP contribution < -0.4 is 10.2 Å². The summed E-state index contributed by atoms with van der Waals surface area (Å²) in [6, 6.07) is 18.1. The Balaban J connectivity index is 1.61. The van der Waals surface area contributed by atoms with Crippen LogP contribution >= 0.6 is 0 Å². The molecule has 1 fully saturated rings. The maximum atomic E-state index is 13.4. The highest BCUT2D eigenvalue weighted by atomic mass is 16.2. The number of hydrogen-bond donors (Lipinski definition) is 1. The molecule has 0 aliphatic heterocycles. The van der Waals surface area contributed by atoms with Gasteiger partial charge in [-0.15, -0.1) is 0 Å². The number of anilines is 2. The van der Waals surface area contributed by atoms with Crippen molar-refractivity contribution >= 4 is 17.7 Å². The van der Waals surface area contributed by atoms with E-state index in [4.69, 9.17) is 0 Å². The second-order valence-electron chi connectivity index (χ2n) is 7.67. The Kier molecular flexibility index (Phi) is 5.30. The Morgan fingerprint density at radius 2 is 1.83 bits per heavy atom. The number of nitrogens with zero attached hydrogens (tertiary/aromatic N) is 3. The fraction of sp³-hybridized carbons (Fsp3) is 0.292. The summed E-state index contributed by atoms with van der Waals surface area (Å²) < 4.78 is 0. The van der Waals surface area contributed by atoms with Gasteiger partial charge in [0, 0.05) is 17.8 Å². The normalized spacial score (nSPS) is 14.3. The molecule has 1 heterocycles.